The Morgan fingerprint density at radius 1 is 1.18 bits per heavy atom. The zero-order valence-corrected chi connectivity index (χ0v) is 9.13. The Bertz CT molecular complexity index is 526. The van der Waals surface area contributed by atoms with E-state index in [1.807, 2.05) is 0 Å². The van der Waals surface area contributed by atoms with Crippen LogP contribution < -0.4 is 0 Å². The largest absolute Gasteiger partial charge is 0.276 e. The van der Waals surface area contributed by atoms with Gasteiger partial charge in [-0.25, -0.2) is 8.78 Å². The van der Waals surface area contributed by atoms with Gasteiger partial charge in [-0.3, -0.25) is 10.1 Å². The predicted octanol–water partition coefficient (Wildman–Crippen LogP) is 2.82. The Kier molecular flexibility index (Phi) is 2.03. The number of hydrogen-bond donors (Lipinski definition) is 0. The molecule has 0 saturated carbocycles. The van der Waals surface area contributed by atoms with E-state index in [1.54, 1.807) is 6.07 Å². The molecule has 5 heteroatoms. The Morgan fingerprint density at radius 2 is 1.94 bits per heavy atom. The van der Waals surface area contributed by atoms with E-state index in [2.05, 4.69) is 0 Å². The van der Waals surface area contributed by atoms with Gasteiger partial charge in [-0.15, -0.1) is 0 Å². The summed E-state index contributed by atoms with van der Waals surface area (Å²) in [4.78, 5) is 10.6. The molecule has 0 unspecified atom stereocenters. The second-order valence-electron chi connectivity index (χ2n) is 4.82. The molecule has 0 aliphatic heterocycles. The zero-order valence-electron chi connectivity index (χ0n) is 9.13. The molecule has 0 N–H and O–H groups in total. The summed E-state index contributed by atoms with van der Waals surface area (Å²) in [6.07, 6.45) is 1.47. The molecule has 2 aliphatic rings. The maximum atomic E-state index is 13.3. The number of nitro groups is 1. The molecule has 0 amide bonds. The first-order valence-electron chi connectivity index (χ1n) is 5.67. The Balaban J connectivity index is 2.23. The smallest absolute Gasteiger partial charge is 0.258 e. The standard InChI is InChI=1S/C12H11F2NO2/c13-12(14)5-8-4-7-2-1-3-9(7)11(15(16)17)10(8)6-12/h4H,1-3,5-6H2. The highest BCUT2D eigenvalue weighted by Crippen LogP contribution is 2.44. The van der Waals surface area contributed by atoms with Gasteiger partial charge in [-0.1, -0.05) is 6.07 Å². The van der Waals surface area contributed by atoms with Gasteiger partial charge < -0.3 is 0 Å². The van der Waals surface area contributed by atoms with Gasteiger partial charge in [-0.05, 0) is 30.4 Å². The van der Waals surface area contributed by atoms with E-state index in [4.69, 9.17) is 0 Å². The van der Waals surface area contributed by atoms with E-state index >= 15 is 0 Å². The molecule has 0 spiro atoms. The van der Waals surface area contributed by atoms with Crippen LogP contribution in [0.5, 0.6) is 0 Å². The van der Waals surface area contributed by atoms with E-state index in [9.17, 15) is 18.9 Å². The molecular weight excluding hydrogens is 228 g/mol. The molecule has 1 aromatic carbocycles. The van der Waals surface area contributed by atoms with Gasteiger partial charge in [0.25, 0.3) is 11.6 Å². The summed E-state index contributed by atoms with van der Waals surface area (Å²) in [5, 5.41) is 11.1. The van der Waals surface area contributed by atoms with Crippen LogP contribution in [0, 0.1) is 10.1 Å². The molecule has 0 saturated heterocycles. The highest BCUT2D eigenvalue weighted by atomic mass is 19.3. The summed E-state index contributed by atoms with van der Waals surface area (Å²) in [5.74, 6) is -2.82. The van der Waals surface area contributed by atoms with E-state index in [0.717, 1.165) is 18.4 Å². The van der Waals surface area contributed by atoms with Crippen LogP contribution >= 0.6 is 0 Å². The summed E-state index contributed by atoms with van der Waals surface area (Å²) in [6, 6.07) is 1.76. The highest BCUT2D eigenvalue weighted by molar-refractivity contribution is 5.59. The van der Waals surface area contributed by atoms with Crippen molar-refractivity contribution in [1.82, 2.24) is 0 Å². The SMILES string of the molecule is O=[N+]([O-])c1c2c(cc3c1CC(F)(F)C3)CCC2. The molecule has 0 fully saturated rings. The first-order chi connectivity index (χ1) is 7.98. The Labute approximate surface area is 96.6 Å². The van der Waals surface area contributed by atoms with Crippen molar-refractivity contribution >= 4 is 5.69 Å². The minimum Gasteiger partial charge on any atom is -0.258 e. The number of nitro benzene ring substituents is 1. The number of rotatable bonds is 1. The summed E-state index contributed by atoms with van der Waals surface area (Å²) in [7, 11) is 0. The maximum Gasteiger partial charge on any atom is 0.276 e. The van der Waals surface area contributed by atoms with Gasteiger partial charge in [0.15, 0.2) is 0 Å². The van der Waals surface area contributed by atoms with Crippen LogP contribution in [0.4, 0.5) is 14.5 Å². The molecule has 0 radical (unpaired) electrons. The summed E-state index contributed by atoms with van der Waals surface area (Å²) < 4.78 is 26.7. The normalized spacial score (nSPS) is 20.1. The first kappa shape index (κ1) is 10.6. The van der Waals surface area contributed by atoms with Crippen molar-refractivity contribution in [2.75, 3.05) is 0 Å². The van der Waals surface area contributed by atoms with E-state index in [0.29, 0.717) is 17.5 Å². The Hall–Kier alpha value is -1.52. The molecule has 0 atom stereocenters. The number of alkyl halides is 2. The lowest BCUT2D eigenvalue weighted by atomic mass is 9.99. The fourth-order valence-electron chi connectivity index (χ4n) is 3.00. The molecule has 1 aromatic rings. The van der Waals surface area contributed by atoms with Crippen LogP contribution in [-0.2, 0) is 25.7 Å². The highest BCUT2D eigenvalue weighted by Gasteiger charge is 2.43. The molecule has 0 heterocycles. The minimum absolute atomic E-state index is 0.0350. The molecule has 3 rings (SSSR count). The van der Waals surface area contributed by atoms with Gasteiger partial charge in [-0.2, -0.15) is 0 Å². The van der Waals surface area contributed by atoms with Gasteiger partial charge >= 0.3 is 0 Å². The van der Waals surface area contributed by atoms with Gasteiger partial charge in [0.05, 0.1) is 4.92 Å². The van der Waals surface area contributed by atoms with Crippen LogP contribution in [0.15, 0.2) is 6.07 Å². The van der Waals surface area contributed by atoms with Gasteiger partial charge in [0.1, 0.15) is 0 Å². The number of benzene rings is 1. The molecule has 17 heavy (non-hydrogen) atoms. The number of halogens is 2. The molecule has 2 aliphatic carbocycles. The van der Waals surface area contributed by atoms with Crippen molar-refractivity contribution < 1.29 is 13.7 Å². The van der Waals surface area contributed by atoms with Crippen LogP contribution in [0.1, 0.15) is 28.7 Å². The van der Waals surface area contributed by atoms with E-state index < -0.39 is 17.3 Å². The lowest BCUT2D eigenvalue weighted by molar-refractivity contribution is -0.386. The van der Waals surface area contributed by atoms with Crippen molar-refractivity contribution in [3.8, 4) is 0 Å². The molecule has 0 bridgehead atoms. The fourth-order valence-corrected chi connectivity index (χ4v) is 3.00. The second kappa shape index (κ2) is 3.24. The fraction of sp³-hybridized carbons (Fsp3) is 0.500. The van der Waals surface area contributed by atoms with Crippen molar-refractivity contribution in [1.29, 1.82) is 0 Å². The predicted molar refractivity (Wildman–Crippen MR) is 57.5 cm³/mol. The Morgan fingerprint density at radius 3 is 2.65 bits per heavy atom. The third-order valence-corrected chi connectivity index (χ3v) is 3.64. The van der Waals surface area contributed by atoms with Gasteiger partial charge in [0, 0.05) is 24.0 Å². The lowest BCUT2D eigenvalue weighted by Gasteiger charge is -2.06. The average molecular weight is 239 g/mol. The third-order valence-electron chi connectivity index (χ3n) is 3.64. The zero-order chi connectivity index (χ0) is 12.2. The maximum absolute atomic E-state index is 13.3. The summed E-state index contributed by atoms with van der Waals surface area (Å²) >= 11 is 0. The van der Waals surface area contributed by atoms with E-state index in [1.165, 1.54) is 0 Å². The van der Waals surface area contributed by atoms with Crippen molar-refractivity contribution in [3.63, 3.8) is 0 Å². The van der Waals surface area contributed by atoms with Crippen molar-refractivity contribution in [2.24, 2.45) is 0 Å². The topological polar surface area (TPSA) is 43.1 Å². The van der Waals surface area contributed by atoms with Crippen molar-refractivity contribution in [3.05, 3.63) is 38.4 Å². The quantitative estimate of drug-likeness (QED) is 0.558. The third kappa shape index (κ3) is 1.52. The molecular formula is C12H11F2NO2. The summed E-state index contributed by atoms with van der Waals surface area (Å²) in [6.45, 7) is 0. The number of hydrogen-bond acceptors (Lipinski definition) is 2. The lowest BCUT2D eigenvalue weighted by Crippen LogP contribution is -2.14. The summed E-state index contributed by atoms with van der Waals surface area (Å²) in [5.41, 5.74) is 2.29. The first-order valence-corrected chi connectivity index (χ1v) is 5.67. The minimum atomic E-state index is -2.82. The van der Waals surface area contributed by atoms with Gasteiger partial charge in [0.2, 0.25) is 0 Å². The molecule has 0 aromatic heterocycles. The monoisotopic (exact) mass is 239 g/mol. The average Bonchev–Trinajstić information content (AvgIpc) is 2.74. The second-order valence-corrected chi connectivity index (χ2v) is 4.82. The van der Waals surface area contributed by atoms with Crippen LogP contribution in [0.25, 0.3) is 0 Å². The number of aryl methyl sites for hydroxylation is 1. The van der Waals surface area contributed by atoms with E-state index in [-0.39, 0.29) is 17.7 Å². The van der Waals surface area contributed by atoms with Crippen LogP contribution in [-0.4, -0.2) is 10.8 Å². The van der Waals surface area contributed by atoms with Crippen molar-refractivity contribution in [2.45, 2.75) is 38.0 Å². The molecule has 3 nitrogen and oxygen atoms in total. The van der Waals surface area contributed by atoms with Crippen LogP contribution in [0.3, 0.4) is 0 Å². The number of nitrogens with zero attached hydrogens (tertiary/aromatic N) is 1. The molecule has 90 valence electrons. The van der Waals surface area contributed by atoms with Crippen LogP contribution in [0.2, 0.25) is 0 Å². The number of fused-ring (bicyclic) bond motifs is 2.